The molecule has 11 heavy (non-hydrogen) atoms. The number of hydrogen-bond donors (Lipinski definition) is 1. The lowest BCUT2D eigenvalue weighted by atomic mass is 10.2. The highest BCUT2D eigenvalue weighted by atomic mass is 19.2. The first-order chi connectivity index (χ1) is 5.29. The van der Waals surface area contributed by atoms with Gasteiger partial charge in [-0.2, -0.15) is 0 Å². The number of fused-ring (bicyclic) bond motifs is 1. The third-order valence-corrected chi connectivity index (χ3v) is 1.54. The Labute approximate surface area is 61.7 Å². The lowest BCUT2D eigenvalue weighted by Gasteiger charge is -1.92. The lowest BCUT2D eigenvalue weighted by Crippen LogP contribution is -1.82. The van der Waals surface area contributed by atoms with Crippen LogP contribution in [0.15, 0.2) is 18.3 Å². The van der Waals surface area contributed by atoms with Crippen LogP contribution >= 0.6 is 0 Å². The van der Waals surface area contributed by atoms with Gasteiger partial charge in [0.15, 0.2) is 11.6 Å². The fraction of sp³-hybridized carbons (Fsp3) is 0. The topological polar surface area (TPSA) is 15.8 Å². The summed E-state index contributed by atoms with van der Waals surface area (Å²) in [6.07, 6.45) is 1.55. The summed E-state index contributed by atoms with van der Waals surface area (Å²) in [6, 6.07) is 5.03. The van der Waals surface area contributed by atoms with Crippen LogP contribution in [0.4, 0.5) is 8.78 Å². The third kappa shape index (κ3) is 0.808. The Bertz CT molecular complexity index is 392. The predicted molar refractivity (Wildman–Crippen MR) is 37.1 cm³/mol. The van der Waals surface area contributed by atoms with E-state index in [0.29, 0.717) is 5.52 Å². The molecule has 0 aliphatic carbocycles. The first kappa shape index (κ1) is 6.34. The Hall–Kier alpha value is -1.38. The zero-order valence-corrected chi connectivity index (χ0v) is 5.49. The van der Waals surface area contributed by atoms with Crippen molar-refractivity contribution >= 4 is 10.9 Å². The van der Waals surface area contributed by atoms with E-state index < -0.39 is 11.6 Å². The van der Waals surface area contributed by atoms with Crippen molar-refractivity contribution in [3.8, 4) is 0 Å². The van der Waals surface area contributed by atoms with E-state index in [1.807, 2.05) is 0 Å². The number of aromatic amines is 1. The van der Waals surface area contributed by atoms with Crippen LogP contribution in [-0.2, 0) is 0 Å². The molecule has 0 spiro atoms. The van der Waals surface area contributed by atoms with Crippen LogP contribution in [-0.4, -0.2) is 4.98 Å². The maximum absolute atomic E-state index is 12.8. The second kappa shape index (κ2) is 2.05. The smallest absolute Gasteiger partial charge is 0.168 e. The van der Waals surface area contributed by atoms with Gasteiger partial charge >= 0.3 is 0 Å². The maximum Gasteiger partial charge on any atom is 0.168 e. The van der Waals surface area contributed by atoms with Crippen molar-refractivity contribution in [2.24, 2.45) is 0 Å². The molecule has 0 aliphatic heterocycles. The van der Waals surface area contributed by atoms with E-state index in [4.69, 9.17) is 0 Å². The van der Waals surface area contributed by atoms with Gasteiger partial charge in [0.2, 0.25) is 0 Å². The van der Waals surface area contributed by atoms with E-state index in [2.05, 4.69) is 11.1 Å². The second-order valence-corrected chi connectivity index (χ2v) is 2.22. The minimum atomic E-state index is -0.864. The molecule has 0 saturated carbocycles. The van der Waals surface area contributed by atoms with E-state index in [1.54, 1.807) is 6.20 Å². The number of hydrogen-bond acceptors (Lipinski definition) is 0. The van der Waals surface area contributed by atoms with Crippen molar-refractivity contribution in [1.82, 2.24) is 4.98 Å². The Morgan fingerprint density at radius 2 is 2.18 bits per heavy atom. The third-order valence-electron chi connectivity index (χ3n) is 1.54. The van der Waals surface area contributed by atoms with Gasteiger partial charge in [0, 0.05) is 17.6 Å². The van der Waals surface area contributed by atoms with Crippen LogP contribution in [0.5, 0.6) is 0 Å². The summed E-state index contributed by atoms with van der Waals surface area (Å²) in [6.45, 7) is 0. The molecule has 0 unspecified atom stereocenters. The van der Waals surface area contributed by atoms with Gasteiger partial charge < -0.3 is 4.98 Å². The summed E-state index contributed by atoms with van der Waals surface area (Å²) in [5.74, 6) is -1.68. The summed E-state index contributed by atoms with van der Waals surface area (Å²) in [5.41, 5.74) is 0.490. The standard InChI is InChI=1S/C8H4F2N/c9-6-1-2-7-5(8(6)10)3-4-11-7/h1,3-4,11H. The zero-order chi connectivity index (χ0) is 7.84. The summed E-state index contributed by atoms with van der Waals surface area (Å²) in [5, 5.41) is 0.241. The summed E-state index contributed by atoms with van der Waals surface area (Å²) >= 11 is 0. The van der Waals surface area contributed by atoms with Crippen LogP contribution < -0.4 is 0 Å². The molecule has 0 aliphatic rings. The van der Waals surface area contributed by atoms with Gasteiger partial charge in [0.1, 0.15) is 0 Å². The monoisotopic (exact) mass is 152 g/mol. The van der Waals surface area contributed by atoms with E-state index in [1.165, 1.54) is 6.07 Å². The molecule has 0 bridgehead atoms. The van der Waals surface area contributed by atoms with Crippen LogP contribution in [0.1, 0.15) is 0 Å². The summed E-state index contributed by atoms with van der Waals surface area (Å²) in [4.78, 5) is 2.73. The fourth-order valence-corrected chi connectivity index (χ4v) is 0.999. The van der Waals surface area contributed by atoms with Gasteiger partial charge in [0.05, 0.1) is 5.52 Å². The van der Waals surface area contributed by atoms with Crippen molar-refractivity contribution in [3.05, 3.63) is 36.0 Å². The number of nitrogens with one attached hydrogen (secondary N) is 1. The molecule has 0 amide bonds. The molecule has 0 saturated heterocycles. The molecular weight excluding hydrogens is 148 g/mol. The molecule has 1 aromatic carbocycles. The predicted octanol–water partition coefficient (Wildman–Crippen LogP) is 2.25. The number of benzene rings is 1. The number of H-pyrrole nitrogens is 1. The molecule has 3 heteroatoms. The average Bonchev–Trinajstić information content (AvgIpc) is 2.45. The van der Waals surface area contributed by atoms with E-state index in [-0.39, 0.29) is 5.39 Å². The van der Waals surface area contributed by atoms with Crippen LogP contribution in [0.3, 0.4) is 0 Å². The van der Waals surface area contributed by atoms with Crippen molar-refractivity contribution in [2.45, 2.75) is 0 Å². The Morgan fingerprint density at radius 1 is 1.36 bits per heavy atom. The van der Waals surface area contributed by atoms with Gasteiger partial charge in [-0.05, 0) is 12.1 Å². The molecule has 2 rings (SSSR count). The van der Waals surface area contributed by atoms with E-state index in [0.717, 1.165) is 6.07 Å². The van der Waals surface area contributed by atoms with Gasteiger partial charge in [-0.1, -0.05) is 0 Å². The first-order valence-corrected chi connectivity index (χ1v) is 3.12. The van der Waals surface area contributed by atoms with E-state index >= 15 is 0 Å². The number of aromatic nitrogens is 1. The first-order valence-electron chi connectivity index (χ1n) is 3.12. The zero-order valence-electron chi connectivity index (χ0n) is 5.49. The molecule has 1 nitrogen and oxygen atoms in total. The number of rotatable bonds is 0. The average molecular weight is 152 g/mol. The molecule has 55 valence electrons. The minimum Gasteiger partial charge on any atom is -0.361 e. The van der Waals surface area contributed by atoms with Crippen LogP contribution in [0.2, 0.25) is 0 Å². The molecule has 1 radical (unpaired) electrons. The van der Waals surface area contributed by atoms with Gasteiger partial charge in [0.25, 0.3) is 0 Å². The van der Waals surface area contributed by atoms with Gasteiger partial charge in [-0.15, -0.1) is 0 Å². The Morgan fingerprint density at radius 3 is 3.00 bits per heavy atom. The lowest BCUT2D eigenvalue weighted by molar-refractivity contribution is 0.517. The van der Waals surface area contributed by atoms with Crippen molar-refractivity contribution in [2.75, 3.05) is 0 Å². The van der Waals surface area contributed by atoms with E-state index in [9.17, 15) is 8.78 Å². The molecule has 0 atom stereocenters. The second-order valence-electron chi connectivity index (χ2n) is 2.22. The number of halogens is 2. The van der Waals surface area contributed by atoms with Crippen molar-refractivity contribution < 1.29 is 8.78 Å². The minimum absolute atomic E-state index is 0.241. The highest BCUT2D eigenvalue weighted by molar-refractivity contribution is 5.79. The fourth-order valence-electron chi connectivity index (χ4n) is 0.999. The largest absolute Gasteiger partial charge is 0.361 e. The van der Waals surface area contributed by atoms with Crippen molar-refractivity contribution in [3.63, 3.8) is 0 Å². The van der Waals surface area contributed by atoms with Crippen LogP contribution in [0, 0.1) is 17.7 Å². The Balaban J connectivity index is 2.93. The highest BCUT2D eigenvalue weighted by Crippen LogP contribution is 2.17. The molecule has 0 fully saturated rings. The normalized spacial score (nSPS) is 10.7. The molecule has 1 N–H and O–H groups in total. The molecule has 1 heterocycles. The molecular formula is C8H4F2N. The van der Waals surface area contributed by atoms with Crippen LogP contribution in [0.25, 0.3) is 10.9 Å². The van der Waals surface area contributed by atoms with Gasteiger partial charge in [-0.25, -0.2) is 8.78 Å². The summed E-state index contributed by atoms with van der Waals surface area (Å²) in [7, 11) is 0. The molecule has 2 aromatic rings. The highest BCUT2D eigenvalue weighted by Gasteiger charge is 2.06. The Kier molecular flexibility index (Phi) is 1.18. The SMILES string of the molecule is Fc1c[c]c2[nH]ccc2c1F. The quantitative estimate of drug-likeness (QED) is 0.595. The van der Waals surface area contributed by atoms with Crippen molar-refractivity contribution in [1.29, 1.82) is 0 Å². The van der Waals surface area contributed by atoms with Gasteiger partial charge in [-0.3, -0.25) is 0 Å². The maximum atomic E-state index is 12.8. The molecule has 1 aromatic heterocycles. The summed E-state index contributed by atoms with van der Waals surface area (Å²) < 4.78 is 25.3.